The summed E-state index contributed by atoms with van der Waals surface area (Å²) >= 11 is 0. The Labute approximate surface area is 172 Å². The molecule has 0 unspecified atom stereocenters. The van der Waals surface area contributed by atoms with Crippen molar-refractivity contribution in [3.63, 3.8) is 0 Å². The summed E-state index contributed by atoms with van der Waals surface area (Å²) in [7, 11) is 0. The number of anilines is 2. The second-order valence-corrected chi connectivity index (χ2v) is 7.11. The number of nitrogens with zero attached hydrogens (tertiary/aromatic N) is 2. The van der Waals surface area contributed by atoms with Crippen LogP contribution in [0.15, 0.2) is 60.7 Å². The van der Waals surface area contributed by atoms with Gasteiger partial charge >= 0.3 is 0 Å². The van der Waals surface area contributed by atoms with Crippen molar-refractivity contribution in [3.05, 3.63) is 66.2 Å². The van der Waals surface area contributed by atoms with Gasteiger partial charge in [0.05, 0.1) is 6.54 Å². The van der Waals surface area contributed by atoms with Crippen molar-refractivity contribution in [3.8, 4) is 0 Å². The summed E-state index contributed by atoms with van der Waals surface area (Å²) in [6.45, 7) is 5.85. The van der Waals surface area contributed by atoms with E-state index in [0.717, 1.165) is 38.4 Å². The van der Waals surface area contributed by atoms with Gasteiger partial charge in [0.25, 0.3) is 0 Å². The second kappa shape index (κ2) is 10.4. The van der Waals surface area contributed by atoms with E-state index in [0.29, 0.717) is 5.69 Å². The fraction of sp³-hybridized carbons (Fsp3) is 0.304. The zero-order valence-electron chi connectivity index (χ0n) is 16.8. The zero-order valence-corrected chi connectivity index (χ0v) is 16.8. The van der Waals surface area contributed by atoms with Crippen LogP contribution in [0.2, 0.25) is 0 Å². The normalized spacial score (nSPS) is 14.7. The van der Waals surface area contributed by atoms with Gasteiger partial charge in [0.1, 0.15) is 0 Å². The molecule has 0 bridgehead atoms. The molecule has 0 aliphatic carbocycles. The third-order valence-electron chi connectivity index (χ3n) is 4.83. The van der Waals surface area contributed by atoms with Crippen molar-refractivity contribution in [2.45, 2.75) is 6.92 Å². The van der Waals surface area contributed by atoms with Gasteiger partial charge in [-0.25, -0.2) is 0 Å². The molecule has 0 spiro atoms. The Hall–Kier alpha value is -3.12. The molecule has 1 saturated heterocycles. The molecule has 1 aliphatic heterocycles. The summed E-state index contributed by atoms with van der Waals surface area (Å²) in [6.07, 6.45) is 4.31. The maximum absolute atomic E-state index is 12.5. The topological polar surface area (TPSA) is 64.7 Å². The van der Waals surface area contributed by atoms with Crippen molar-refractivity contribution in [2.24, 2.45) is 0 Å². The van der Waals surface area contributed by atoms with E-state index >= 15 is 0 Å². The first-order valence-electron chi connectivity index (χ1n) is 9.93. The summed E-state index contributed by atoms with van der Waals surface area (Å²) in [6, 6.07) is 17.6. The minimum absolute atomic E-state index is 0.0920. The number of piperazine rings is 1. The largest absolute Gasteiger partial charge is 0.376 e. The number of amides is 2. The molecule has 3 rings (SSSR count). The van der Waals surface area contributed by atoms with Crippen LogP contribution in [0, 0.1) is 0 Å². The smallest absolute Gasteiger partial charge is 0.241 e. The third-order valence-corrected chi connectivity index (χ3v) is 4.83. The van der Waals surface area contributed by atoms with Crippen LogP contribution in [0.4, 0.5) is 11.4 Å². The monoisotopic (exact) mass is 392 g/mol. The molecule has 6 nitrogen and oxygen atoms in total. The van der Waals surface area contributed by atoms with Crippen molar-refractivity contribution in [2.75, 3.05) is 49.9 Å². The van der Waals surface area contributed by atoms with E-state index in [9.17, 15) is 9.59 Å². The van der Waals surface area contributed by atoms with E-state index < -0.39 is 0 Å². The first-order chi connectivity index (χ1) is 14.1. The van der Waals surface area contributed by atoms with E-state index in [1.165, 1.54) is 12.5 Å². The molecule has 2 aromatic carbocycles. The Morgan fingerprint density at radius 2 is 1.69 bits per heavy atom. The minimum Gasteiger partial charge on any atom is -0.376 e. The lowest BCUT2D eigenvalue weighted by atomic mass is 10.2. The number of carbonyl (C=O) groups excluding carboxylic acids is 2. The Kier molecular flexibility index (Phi) is 7.41. The lowest BCUT2D eigenvalue weighted by Crippen LogP contribution is -2.50. The molecule has 1 heterocycles. The highest BCUT2D eigenvalue weighted by Crippen LogP contribution is 2.15. The van der Waals surface area contributed by atoms with Gasteiger partial charge in [0, 0.05) is 51.0 Å². The maximum atomic E-state index is 12.5. The second-order valence-electron chi connectivity index (χ2n) is 7.11. The first kappa shape index (κ1) is 20.6. The molecule has 6 heteroatoms. The molecule has 0 radical (unpaired) electrons. The van der Waals surface area contributed by atoms with Crippen molar-refractivity contribution in [1.29, 1.82) is 0 Å². The average molecular weight is 393 g/mol. The molecule has 29 heavy (non-hydrogen) atoms. The Bertz CT molecular complexity index is 843. The fourth-order valence-electron chi connectivity index (χ4n) is 3.28. The van der Waals surface area contributed by atoms with Crippen molar-refractivity contribution >= 4 is 29.3 Å². The van der Waals surface area contributed by atoms with Crippen LogP contribution in [0.3, 0.4) is 0 Å². The Balaban J connectivity index is 1.40. The van der Waals surface area contributed by atoms with E-state index in [1.807, 2.05) is 47.4 Å². The fourth-order valence-corrected chi connectivity index (χ4v) is 3.28. The molecular weight excluding hydrogens is 364 g/mol. The molecule has 0 atom stereocenters. The third kappa shape index (κ3) is 6.76. The number of benzene rings is 2. The molecule has 2 amide bonds. The maximum Gasteiger partial charge on any atom is 0.241 e. The summed E-state index contributed by atoms with van der Waals surface area (Å²) in [4.78, 5) is 27.9. The van der Waals surface area contributed by atoms with Crippen molar-refractivity contribution < 1.29 is 9.59 Å². The lowest BCUT2D eigenvalue weighted by molar-refractivity contribution is -0.131. The highest BCUT2D eigenvalue weighted by Gasteiger charge is 2.20. The predicted octanol–water partition coefficient (Wildman–Crippen LogP) is 2.91. The van der Waals surface area contributed by atoms with Gasteiger partial charge in [-0.3, -0.25) is 14.5 Å². The SMILES string of the molecule is CC(=O)Nc1cccc(NCC(=O)N2CCN(C/C=C/c3ccccc3)CC2)c1. The van der Waals surface area contributed by atoms with Crippen LogP contribution in [0.5, 0.6) is 0 Å². The average Bonchev–Trinajstić information content (AvgIpc) is 2.73. The van der Waals surface area contributed by atoms with Gasteiger partial charge < -0.3 is 15.5 Å². The Morgan fingerprint density at radius 1 is 0.966 bits per heavy atom. The minimum atomic E-state index is -0.116. The number of hydrogen-bond acceptors (Lipinski definition) is 4. The van der Waals surface area contributed by atoms with Gasteiger partial charge in [-0.15, -0.1) is 0 Å². The summed E-state index contributed by atoms with van der Waals surface area (Å²) in [5.74, 6) is -0.0240. The Morgan fingerprint density at radius 3 is 2.41 bits per heavy atom. The molecule has 2 N–H and O–H groups in total. The number of carbonyl (C=O) groups is 2. The van der Waals surface area contributed by atoms with Crippen LogP contribution in [-0.4, -0.2) is 60.9 Å². The van der Waals surface area contributed by atoms with Crippen LogP contribution in [0.25, 0.3) is 6.08 Å². The van der Waals surface area contributed by atoms with Gasteiger partial charge in [0.2, 0.25) is 11.8 Å². The molecule has 0 saturated carbocycles. The van der Waals surface area contributed by atoms with Gasteiger partial charge in [-0.2, -0.15) is 0 Å². The van der Waals surface area contributed by atoms with Gasteiger partial charge in [0.15, 0.2) is 0 Å². The molecule has 0 aromatic heterocycles. The predicted molar refractivity (Wildman–Crippen MR) is 118 cm³/mol. The zero-order chi connectivity index (χ0) is 20.5. The van der Waals surface area contributed by atoms with Crippen LogP contribution < -0.4 is 10.6 Å². The first-order valence-corrected chi connectivity index (χ1v) is 9.93. The number of nitrogens with one attached hydrogen (secondary N) is 2. The summed E-state index contributed by atoms with van der Waals surface area (Å²) in [5.41, 5.74) is 2.73. The molecule has 2 aromatic rings. The van der Waals surface area contributed by atoms with Crippen molar-refractivity contribution in [1.82, 2.24) is 9.80 Å². The molecule has 152 valence electrons. The summed E-state index contributed by atoms with van der Waals surface area (Å²) in [5, 5.41) is 5.89. The highest BCUT2D eigenvalue weighted by molar-refractivity contribution is 5.89. The van der Waals surface area contributed by atoms with E-state index in [4.69, 9.17) is 0 Å². The number of hydrogen-bond donors (Lipinski definition) is 2. The van der Waals surface area contributed by atoms with Crippen LogP contribution in [0.1, 0.15) is 12.5 Å². The summed E-state index contributed by atoms with van der Waals surface area (Å²) < 4.78 is 0. The van der Waals surface area contributed by atoms with Crippen LogP contribution in [-0.2, 0) is 9.59 Å². The molecule has 1 aliphatic rings. The number of rotatable bonds is 7. The van der Waals surface area contributed by atoms with E-state index in [-0.39, 0.29) is 18.4 Å². The van der Waals surface area contributed by atoms with Gasteiger partial charge in [-0.05, 0) is 23.8 Å². The standard InChI is InChI=1S/C23H28N4O2/c1-19(28)25-22-11-5-10-21(17-22)24-18-23(29)27-15-13-26(14-16-27)12-6-9-20-7-3-2-4-8-20/h2-11,17,24H,12-16,18H2,1H3,(H,25,28)/b9-6+. The van der Waals surface area contributed by atoms with Crippen LogP contribution >= 0.6 is 0 Å². The molecule has 1 fully saturated rings. The highest BCUT2D eigenvalue weighted by atomic mass is 16.2. The van der Waals surface area contributed by atoms with E-state index in [2.05, 4.69) is 39.8 Å². The molecular formula is C23H28N4O2. The lowest BCUT2D eigenvalue weighted by Gasteiger charge is -2.34. The van der Waals surface area contributed by atoms with Gasteiger partial charge in [-0.1, -0.05) is 48.6 Å². The quantitative estimate of drug-likeness (QED) is 0.761. The van der Waals surface area contributed by atoms with E-state index in [1.54, 1.807) is 0 Å².